The van der Waals surface area contributed by atoms with Crippen molar-refractivity contribution in [2.45, 2.75) is 178 Å². The molecule has 87 heavy (non-hydrogen) atoms. The van der Waals surface area contributed by atoms with Crippen LogP contribution in [0, 0.1) is 18.8 Å². The van der Waals surface area contributed by atoms with E-state index in [4.69, 9.17) is 10.5 Å². The molecule has 466 valence electrons. The predicted octanol–water partition coefficient (Wildman–Crippen LogP) is 4.61. The van der Waals surface area contributed by atoms with Crippen LogP contribution in [-0.2, 0) is 30.3 Å². The van der Waals surface area contributed by atoms with Gasteiger partial charge in [-0.25, -0.2) is 15.0 Å². The number of anilines is 3. The average molecular weight is 1200 g/mol. The highest BCUT2D eigenvalue weighted by Crippen LogP contribution is 2.44. The summed E-state index contributed by atoms with van der Waals surface area (Å²) in [6, 6.07) is 23.1. The Morgan fingerprint density at radius 1 is 0.828 bits per heavy atom. The molecule has 6 aliphatic rings. The van der Waals surface area contributed by atoms with Gasteiger partial charge < -0.3 is 57.1 Å². The molecule has 11 atom stereocenters. The maximum absolute atomic E-state index is 13.8. The average Bonchev–Trinajstić information content (AvgIpc) is 3.30. The van der Waals surface area contributed by atoms with Crippen molar-refractivity contribution in [3.05, 3.63) is 120 Å². The van der Waals surface area contributed by atoms with E-state index in [0.717, 1.165) is 66.5 Å². The number of fused-ring (bicyclic) bond motifs is 5. The molecule has 11 rings (SSSR count). The van der Waals surface area contributed by atoms with Gasteiger partial charge in [0.2, 0.25) is 17.7 Å². The molecule has 22 heteroatoms. The molecule has 2 saturated carbocycles. The number of para-hydroxylation sites is 1. The minimum Gasteiger partial charge on any atom is -0.458 e. The van der Waals surface area contributed by atoms with Crippen LogP contribution in [0.15, 0.2) is 97.3 Å². The first-order chi connectivity index (χ1) is 41.7. The molecule has 0 spiro atoms. The van der Waals surface area contributed by atoms with Crippen molar-refractivity contribution in [1.29, 1.82) is 0 Å². The fourth-order valence-electron chi connectivity index (χ4n) is 12.7. The highest BCUT2D eigenvalue weighted by molar-refractivity contribution is 6.12. The SMILES string of the molecule is CC(C)(C)NC(=O)[C@@H]1C[C@@H]2CCCC[C@@H]2CN1C[C@@H](O)[C@H](Cc1ccccc1)NC(=O)[C@H](CC(N)=O)NC(=O)c1ccc2ccccc2n1.CCCC(=O)O[C@H]1CN2CC[C@H](O)[C@@H]2[C@@H](O)[C@@H]1O.Cc1ccnc2c1NC(=O)c1cccnc1N2C1CC1. The fraction of sp³-hybridized carbons (Fsp3) is 0.523. The number of primary amides is 1. The topological polar surface area (TPSA) is 315 Å². The molecule has 5 aromatic rings. The number of carbonyl (C=O) groups is 6. The molecule has 0 radical (unpaired) electrons. The summed E-state index contributed by atoms with van der Waals surface area (Å²) in [6.45, 7) is 11.6. The number of hydrogen-bond donors (Lipinski definition) is 9. The van der Waals surface area contributed by atoms with E-state index in [1.54, 1.807) is 36.7 Å². The Hall–Kier alpha value is -7.47. The number of hydrogen-bond acceptors (Lipinski definition) is 17. The standard InChI is InChI=1S/C38H50N6O5.C15H14N4O.C12H21NO5/c1-38(2,3)43-37(49)32-20-26-14-7-8-15-27(26)22-44(32)23-33(45)30(19-24-11-5-4-6-12-24)41-36(48)31(21-34(39)46)42-35(47)29-18-17-25-13-9-10-16-28(25)40-29;1-9-6-8-17-14-12(9)18-15(20)11-3-2-7-16-13(11)19(14)10-4-5-10;1-2-3-9(15)18-8-6-13-5-4-7(14)10(13)12(17)11(8)16/h4-6,9-13,16-18,26-27,30-33,45H,7-8,14-15,19-23H2,1-3H3,(H2,39,46)(H,41,48)(H,42,47)(H,43,49);2-3,6-8,10H,4-5H2,1H3,(H,18,20);7-8,10-12,14,16-17H,2-6H2,1H3/t26-,27+,30-,31-,32-,33+;;7-,8-,10+,11+,12+/m0.0/s1. The summed E-state index contributed by atoms with van der Waals surface area (Å²) in [5.74, 6) is -0.151. The van der Waals surface area contributed by atoms with Crippen molar-refractivity contribution in [2.75, 3.05) is 36.4 Å². The van der Waals surface area contributed by atoms with Gasteiger partial charge in [0.1, 0.15) is 35.9 Å². The number of β-amino-alcohol motifs (C(OH)–C–C–N with tert-alkyl or cyclic N) is 1. The van der Waals surface area contributed by atoms with Gasteiger partial charge in [-0.05, 0) is 126 Å². The summed E-state index contributed by atoms with van der Waals surface area (Å²) < 4.78 is 5.19. The number of likely N-dealkylation sites (tertiary alicyclic amines) is 1. The van der Waals surface area contributed by atoms with Gasteiger partial charge in [0.05, 0.1) is 53.5 Å². The number of benzene rings is 2. The molecular weight excluding hydrogens is 1110 g/mol. The quantitative estimate of drug-likeness (QED) is 0.0609. The molecule has 2 aliphatic carbocycles. The van der Waals surface area contributed by atoms with E-state index >= 15 is 0 Å². The van der Waals surface area contributed by atoms with Crippen molar-refractivity contribution in [3.63, 3.8) is 0 Å². The maximum atomic E-state index is 13.8. The third-order valence-electron chi connectivity index (χ3n) is 17.2. The summed E-state index contributed by atoms with van der Waals surface area (Å²) in [5.41, 5.74) is 9.12. The first-order valence-corrected chi connectivity index (χ1v) is 30.7. The minimum atomic E-state index is -1.30. The molecule has 0 bridgehead atoms. The summed E-state index contributed by atoms with van der Waals surface area (Å²) in [7, 11) is 0. The van der Waals surface area contributed by atoms with Crippen molar-refractivity contribution in [3.8, 4) is 0 Å². The van der Waals surface area contributed by atoms with Crippen LogP contribution in [0.2, 0.25) is 0 Å². The lowest BCUT2D eigenvalue weighted by Gasteiger charge is -2.47. The largest absolute Gasteiger partial charge is 0.458 e. The van der Waals surface area contributed by atoms with Crippen LogP contribution in [0.25, 0.3) is 10.9 Å². The maximum Gasteiger partial charge on any atom is 0.306 e. The third kappa shape index (κ3) is 16.2. The van der Waals surface area contributed by atoms with Gasteiger partial charge in [0, 0.05) is 62.0 Å². The Morgan fingerprint density at radius 2 is 1.55 bits per heavy atom. The normalized spacial score (nSPS) is 24.4. The third-order valence-corrected chi connectivity index (χ3v) is 17.2. The van der Waals surface area contributed by atoms with Crippen LogP contribution < -0.4 is 31.9 Å². The van der Waals surface area contributed by atoms with Crippen LogP contribution in [0.1, 0.15) is 130 Å². The predicted molar refractivity (Wildman–Crippen MR) is 327 cm³/mol. The zero-order chi connectivity index (χ0) is 62.1. The van der Waals surface area contributed by atoms with Gasteiger partial charge in [0.15, 0.2) is 5.82 Å². The number of aryl methyl sites for hydroxylation is 1. The number of aliphatic hydroxyl groups is 4. The van der Waals surface area contributed by atoms with E-state index in [9.17, 15) is 49.2 Å². The number of rotatable bonds is 16. The minimum absolute atomic E-state index is 0.0566. The molecular formula is C65H85N11O11. The second-order valence-corrected chi connectivity index (χ2v) is 25.1. The Balaban J connectivity index is 0.000000191. The van der Waals surface area contributed by atoms with E-state index in [1.807, 2.05) is 100 Å². The number of piperidine rings is 2. The highest BCUT2D eigenvalue weighted by atomic mass is 16.6. The second-order valence-electron chi connectivity index (χ2n) is 25.1. The molecule has 0 unspecified atom stereocenters. The summed E-state index contributed by atoms with van der Waals surface area (Å²) in [4.78, 5) is 96.0. The zero-order valence-electron chi connectivity index (χ0n) is 50.4. The number of aromatic nitrogens is 3. The van der Waals surface area contributed by atoms with Gasteiger partial charge in [-0.2, -0.15) is 0 Å². The van der Waals surface area contributed by atoms with E-state index in [-0.39, 0.29) is 36.4 Å². The zero-order valence-corrected chi connectivity index (χ0v) is 50.4. The van der Waals surface area contributed by atoms with Crippen molar-refractivity contribution in [1.82, 2.24) is 40.7 Å². The van der Waals surface area contributed by atoms with Crippen molar-refractivity contribution < 1.29 is 53.9 Å². The van der Waals surface area contributed by atoms with E-state index in [1.165, 1.54) is 6.42 Å². The van der Waals surface area contributed by atoms with Crippen molar-refractivity contribution in [2.24, 2.45) is 17.6 Å². The number of pyridine rings is 3. The molecule has 3 saturated heterocycles. The molecule has 5 amide bonds. The van der Waals surface area contributed by atoms with Gasteiger partial charge >= 0.3 is 5.97 Å². The summed E-state index contributed by atoms with van der Waals surface area (Å²) in [5, 5.41) is 54.1. The molecule has 2 aromatic carbocycles. The first-order valence-electron chi connectivity index (χ1n) is 30.7. The van der Waals surface area contributed by atoms with Crippen molar-refractivity contribution >= 4 is 63.7 Å². The molecule has 10 N–H and O–H groups in total. The highest BCUT2D eigenvalue weighted by Gasteiger charge is 2.50. The molecule has 5 fully saturated rings. The Bertz CT molecular complexity index is 3230. The number of nitrogens with two attached hydrogens (primary N) is 1. The Kier molecular flexibility index (Phi) is 21.0. The van der Waals surface area contributed by atoms with Crippen LogP contribution >= 0.6 is 0 Å². The monoisotopic (exact) mass is 1200 g/mol. The Labute approximate surface area is 508 Å². The van der Waals surface area contributed by atoms with E-state index < -0.39 is 84.4 Å². The number of ether oxygens (including phenoxy) is 1. The lowest BCUT2D eigenvalue weighted by atomic mass is 9.72. The van der Waals surface area contributed by atoms with Gasteiger partial charge in [-0.1, -0.05) is 80.8 Å². The smallest absolute Gasteiger partial charge is 0.306 e. The summed E-state index contributed by atoms with van der Waals surface area (Å²) in [6.07, 6.45) is 7.80. The van der Waals surface area contributed by atoms with Gasteiger partial charge in [-0.15, -0.1) is 0 Å². The van der Waals surface area contributed by atoms with Crippen LogP contribution in [-0.4, -0.2) is 173 Å². The number of amides is 5. The number of carbonyl (C=O) groups excluding carboxylic acids is 6. The lowest BCUT2D eigenvalue weighted by molar-refractivity contribution is -0.179. The van der Waals surface area contributed by atoms with Gasteiger partial charge in [0.25, 0.3) is 11.8 Å². The van der Waals surface area contributed by atoms with Crippen LogP contribution in [0.3, 0.4) is 0 Å². The molecule has 3 aromatic heterocycles. The summed E-state index contributed by atoms with van der Waals surface area (Å²) >= 11 is 0. The van der Waals surface area contributed by atoms with Crippen LogP contribution in [0.4, 0.5) is 17.3 Å². The van der Waals surface area contributed by atoms with E-state index in [2.05, 4.69) is 46.0 Å². The first kappa shape index (κ1) is 64.0. The lowest BCUT2D eigenvalue weighted by Crippen LogP contribution is -2.62. The number of nitrogens with zero attached hydrogens (tertiary/aromatic N) is 6. The Morgan fingerprint density at radius 3 is 2.28 bits per heavy atom. The number of aliphatic hydroxyl groups excluding tert-OH is 4. The molecule has 4 aliphatic heterocycles. The van der Waals surface area contributed by atoms with E-state index in [0.29, 0.717) is 73.7 Å². The fourth-order valence-corrected chi connectivity index (χ4v) is 12.7. The number of esters is 1. The molecule has 7 heterocycles. The van der Waals surface area contributed by atoms with Gasteiger partial charge in [-0.3, -0.25) is 38.6 Å². The second kappa shape index (κ2) is 28.6. The number of nitrogens with one attached hydrogen (secondary N) is 4. The molecule has 22 nitrogen and oxygen atoms in total. The van der Waals surface area contributed by atoms with Crippen LogP contribution in [0.5, 0.6) is 0 Å².